The van der Waals surface area contributed by atoms with Crippen molar-refractivity contribution in [2.45, 2.75) is 14.6 Å². The molecule has 5 heteroatoms. The minimum Gasteiger partial charge on any atom is -0.467 e. The van der Waals surface area contributed by atoms with Gasteiger partial charge in [0.1, 0.15) is 5.75 Å². The van der Waals surface area contributed by atoms with E-state index >= 15 is 0 Å². The minimum absolute atomic E-state index is 0.185. The Hall–Kier alpha value is -1.75. The van der Waals surface area contributed by atoms with Gasteiger partial charge >= 0.3 is 0 Å². The van der Waals surface area contributed by atoms with Crippen LogP contribution >= 0.6 is 35.1 Å². The van der Waals surface area contributed by atoms with E-state index in [1.165, 1.54) is 0 Å². The van der Waals surface area contributed by atoms with Crippen molar-refractivity contribution in [2.75, 3.05) is 5.73 Å². The third-order valence-corrected chi connectivity index (χ3v) is 5.63. The van der Waals surface area contributed by atoms with Crippen LogP contribution in [-0.2, 0) is 0 Å². The first-order valence-corrected chi connectivity index (χ1v) is 9.49. The summed E-state index contributed by atoms with van der Waals surface area (Å²) >= 11 is 9.34. The highest BCUT2D eigenvalue weighted by Gasteiger charge is 2.16. The average molecular weight is 374 g/mol. The number of halogens is 1. The van der Waals surface area contributed by atoms with Crippen LogP contribution < -0.4 is 10.5 Å². The Labute approximate surface area is 155 Å². The van der Waals surface area contributed by atoms with E-state index in [9.17, 15) is 0 Å². The van der Waals surface area contributed by atoms with Crippen LogP contribution in [0.3, 0.4) is 0 Å². The molecule has 0 saturated heterocycles. The lowest BCUT2D eigenvalue weighted by atomic mass is 10.3. The summed E-state index contributed by atoms with van der Waals surface area (Å²) in [5.74, 6) is 0.597. The van der Waals surface area contributed by atoms with Crippen LogP contribution in [0, 0.1) is 0 Å². The topological polar surface area (TPSA) is 35.2 Å². The Kier molecular flexibility index (Phi) is 5.96. The van der Waals surface area contributed by atoms with Crippen LogP contribution in [0.1, 0.15) is 0 Å². The summed E-state index contributed by atoms with van der Waals surface area (Å²) in [6.45, 7) is 0. The predicted octanol–water partition coefficient (Wildman–Crippen LogP) is 6.17. The fraction of sp³-hybridized carbons (Fsp3) is 0.0526. The molecule has 0 atom stereocenters. The van der Waals surface area contributed by atoms with Gasteiger partial charge in [-0.3, -0.25) is 0 Å². The van der Waals surface area contributed by atoms with E-state index in [4.69, 9.17) is 22.1 Å². The summed E-state index contributed by atoms with van der Waals surface area (Å²) in [5.41, 5.74) is 6.60. The lowest BCUT2D eigenvalue weighted by molar-refractivity contribution is 0.367. The van der Waals surface area contributed by atoms with Gasteiger partial charge in [0, 0.05) is 20.9 Å². The lowest BCUT2D eigenvalue weighted by Gasteiger charge is -2.19. The van der Waals surface area contributed by atoms with E-state index in [1.807, 2.05) is 36.4 Å². The maximum absolute atomic E-state index is 6.15. The Balaban J connectivity index is 1.82. The van der Waals surface area contributed by atoms with Crippen molar-refractivity contribution in [2.24, 2.45) is 0 Å². The van der Waals surface area contributed by atoms with E-state index in [0.29, 0.717) is 16.5 Å². The number of hydrogen-bond acceptors (Lipinski definition) is 4. The molecule has 0 heterocycles. The summed E-state index contributed by atoms with van der Waals surface area (Å²) in [6, 6.07) is 25.6. The van der Waals surface area contributed by atoms with E-state index < -0.39 is 0 Å². The summed E-state index contributed by atoms with van der Waals surface area (Å²) in [4.78, 5) is 2.26. The van der Waals surface area contributed by atoms with E-state index in [-0.39, 0.29) is 4.77 Å². The molecule has 0 aromatic heterocycles. The van der Waals surface area contributed by atoms with Gasteiger partial charge in [-0.15, -0.1) is 0 Å². The van der Waals surface area contributed by atoms with Crippen molar-refractivity contribution < 1.29 is 4.74 Å². The van der Waals surface area contributed by atoms with Gasteiger partial charge in [-0.25, -0.2) is 0 Å². The van der Waals surface area contributed by atoms with E-state index in [1.54, 1.807) is 41.7 Å². The Morgan fingerprint density at radius 1 is 0.792 bits per heavy atom. The zero-order valence-electron chi connectivity index (χ0n) is 12.8. The Morgan fingerprint density at radius 3 is 1.88 bits per heavy atom. The van der Waals surface area contributed by atoms with Gasteiger partial charge in [-0.2, -0.15) is 0 Å². The smallest absolute Gasteiger partial charge is 0.200 e. The summed E-state index contributed by atoms with van der Waals surface area (Å²) in [7, 11) is 0. The molecule has 3 aromatic carbocycles. The third kappa shape index (κ3) is 4.87. The van der Waals surface area contributed by atoms with Crippen molar-refractivity contribution >= 4 is 40.8 Å². The molecule has 2 N–H and O–H groups in total. The molecule has 0 bridgehead atoms. The first-order valence-electron chi connectivity index (χ1n) is 7.36. The molecule has 0 fully saturated rings. The molecule has 0 amide bonds. The fourth-order valence-corrected chi connectivity index (χ4v) is 4.40. The standard InChI is InChI=1S/C19H16ClNOS2/c20-14-11-12-17(21)18(13-14)22-19(23-15-7-3-1-4-8-15)24-16-9-5-2-6-10-16/h1-13,19H,21H2. The molecule has 0 spiro atoms. The highest BCUT2D eigenvalue weighted by molar-refractivity contribution is 8.16. The first kappa shape index (κ1) is 17.1. The Morgan fingerprint density at radius 2 is 1.33 bits per heavy atom. The molecule has 0 radical (unpaired) electrons. The Bertz CT molecular complexity index is 742. The number of ether oxygens (including phenoxy) is 1. The number of anilines is 1. The van der Waals surface area contributed by atoms with Crippen LogP contribution in [0.2, 0.25) is 5.02 Å². The predicted molar refractivity (Wildman–Crippen MR) is 105 cm³/mol. The van der Waals surface area contributed by atoms with Crippen molar-refractivity contribution in [3.05, 3.63) is 83.9 Å². The molecule has 0 saturated carbocycles. The van der Waals surface area contributed by atoms with Gasteiger partial charge in [0.2, 0.25) is 0 Å². The normalized spacial score (nSPS) is 10.8. The van der Waals surface area contributed by atoms with Gasteiger partial charge in [-0.1, -0.05) is 71.5 Å². The lowest BCUT2D eigenvalue weighted by Crippen LogP contribution is -2.09. The second kappa shape index (κ2) is 8.38. The van der Waals surface area contributed by atoms with E-state index in [0.717, 1.165) is 9.79 Å². The molecule has 0 aliphatic carbocycles. The number of thioether (sulfide) groups is 2. The number of hydrogen-bond donors (Lipinski definition) is 1. The number of nitrogens with two attached hydrogens (primary N) is 1. The molecule has 0 aliphatic heterocycles. The summed E-state index contributed by atoms with van der Waals surface area (Å²) < 4.78 is 5.97. The number of rotatable bonds is 6. The monoisotopic (exact) mass is 373 g/mol. The number of benzene rings is 3. The zero-order valence-corrected chi connectivity index (χ0v) is 15.2. The molecule has 0 unspecified atom stereocenters. The number of nitrogen functional groups attached to an aromatic ring is 1. The molecule has 3 rings (SSSR count). The second-order valence-corrected chi connectivity index (χ2v) is 7.96. The van der Waals surface area contributed by atoms with Crippen molar-refractivity contribution in [3.63, 3.8) is 0 Å². The minimum atomic E-state index is -0.185. The van der Waals surface area contributed by atoms with E-state index in [2.05, 4.69) is 24.3 Å². The highest BCUT2D eigenvalue weighted by Crippen LogP contribution is 2.38. The molecule has 0 aliphatic rings. The molecular weight excluding hydrogens is 358 g/mol. The maximum atomic E-state index is 6.15. The molecule has 3 aromatic rings. The molecule has 122 valence electrons. The van der Waals surface area contributed by atoms with Gasteiger partial charge < -0.3 is 10.5 Å². The van der Waals surface area contributed by atoms with Crippen LogP contribution in [0.15, 0.2) is 88.7 Å². The largest absolute Gasteiger partial charge is 0.467 e. The average Bonchev–Trinajstić information content (AvgIpc) is 2.60. The van der Waals surface area contributed by atoms with Crippen LogP contribution in [0.4, 0.5) is 5.69 Å². The van der Waals surface area contributed by atoms with Crippen LogP contribution in [-0.4, -0.2) is 4.77 Å². The van der Waals surface area contributed by atoms with Crippen molar-refractivity contribution in [1.29, 1.82) is 0 Å². The highest BCUT2D eigenvalue weighted by atomic mass is 35.5. The summed E-state index contributed by atoms with van der Waals surface area (Å²) in [5, 5.41) is 0.604. The van der Waals surface area contributed by atoms with Crippen LogP contribution in [0.5, 0.6) is 5.75 Å². The zero-order chi connectivity index (χ0) is 16.8. The first-order chi connectivity index (χ1) is 11.7. The fourth-order valence-electron chi connectivity index (χ4n) is 2.01. The van der Waals surface area contributed by atoms with Gasteiger partial charge in [0.25, 0.3) is 0 Å². The second-order valence-electron chi connectivity index (χ2n) is 4.95. The van der Waals surface area contributed by atoms with Crippen molar-refractivity contribution in [3.8, 4) is 5.75 Å². The van der Waals surface area contributed by atoms with Gasteiger partial charge in [0.15, 0.2) is 4.77 Å². The van der Waals surface area contributed by atoms with Gasteiger partial charge in [-0.05, 0) is 36.4 Å². The third-order valence-electron chi connectivity index (χ3n) is 3.15. The van der Waals surface area contributed by atoms with Crippen molar-refractivity contribution in [1.82, 2.24) is 0 Å². The molecule has 2 nitrogen and oxygen atoms in total. The maximum Gasteiger partial charge on any atom is 0.200 e. The summed E-state index contributed by atoms with van der Waals surface area (Å²) in [6.07, 6.45) is 0. The van der Waals surface area contributed by atoms with Crippen LogP contribution in [0.25, 0.3) is 0 Å². The van der Waals surface area contributed by atoms with Gasteiger partial charge in [0.05, 0.1) is 5.69 Å². The SMILES string of the molecule is Nc1ccc(Cl)cc1OC(Sc1ccccc1)Sc1ccccc1. The molecular formula is C19H16ClNOS2. The molecule has 24 heavy (non-hydrogen) atoms. The quantitative estimate of drug-likeness (QED) is 0.318.